The van der Waals surface area contributed by atoms with E-state index in [-0.39, 0.29) is 70.0 Å². The second-order valence-electron chi connectivity index (χ2n) is 12.9. The van der Waals surface area contributed by atoms with Gasteiger partial charge in [-0.25, -0.2) is 19.7 Å². The Labute approximate surface area is 310 Å². The van der Waals surface area contributed by atoms with Gasteiger partial charge < -0.3 is 57.7 Å². The van der Waals surface area contributed by atoms with Crippen LogP contribution in [0.25, 0.3) is 0 Å². The molecule has 3 aromatic rings. The number of aromatic amines is 3. The van der Waals surface area contributed by atoms with E-state index in [0.717, 1.165) is 0 Å². The number of imidazole rings is 3. The number of hydrogen-bond donors (Lipinski definition) is 11. The molecular weight excluding hydrogens is 706 g/mol. The number of aliphatic carboxylic acids is 1. The average molecular weight is 756 g/mol. The Hall–Kier alpha value is -6.12. The normalized spacial score (nSPS) is 13.2. The van der Waals surface area contributed by atoms with Gasteiger partial charge in [-0.1, -0.05) is 13.8 Å². The molecule has 0 spiro atoms. The molecule has 0 fully saturated rings. The quantitative estimate of drug-likeness (QED) is 0.0446. The summed E-state index contributed by atoms with van der Waals surface area (Å²) in [7, 11) is 0. The molecule has 0 bridgehead atoms. The van der Waals surface area contributed by atoms with Crippen molar-refractivity contribution in [3.8, 4) is 0 Å². The zero-order valence-corrected chi connectivity index (χ0v) is 30.1. The van der Waals surface area contributed by atoms with Crippen molar-refractivity contribution in [2.45, 2.75) is 83.0 Å². The number of nitrogens with zero attached hydrogens (tertiary/aromatic N) is 3. The Morgan fingerprint density at radius 3 is 1.30 bits per heavy atom. The van der Waals surface area contributed by atoms with Gasteiger partial charge in [0.2, 0.25) is 35.4 Å². The third kappa shape index (κ3) is 15.6. The minimum Gasteiger partial charge on any atom is -0.480 e. The maximum absolute atomic E-state index is 13.1. The lowest BCUT2D eigenvalue weighted by Gasteiger charge is -2.20. The molecule has 3 aromatic heterocycles. The zero-order valence-electron chi connectivity index (χ0n) is 30.1. The molecule has 0 aliphatic carbocycles. The van der Waals surface area contributed by atoms with Gasteiger partial charge in [-0.2, -0.15) is 0 Å². The van der Waals surface area contributed by atoms with E-state index in [9.17, 15) is 38.7 Å². The number of amides is 6. The van der Waals surface area contributed by atoms with Crippen LogP contribution in [0.3, 0.4) is 0 Å². The molecular formula is C33H49N13O8. The Morgan fingerprint density at radius 2 is 0.963 bits per heavy atom. The lowest BCUT2D eigenvalue weighted by molar-refractivity contribution is -0.141. The molecule has 21 heteroatoms. The average Bonchev–Trinajstić information content (AvgIpc) is 3.92. The van der Waals surface area contributed by atoms with Crippen molar-refractivity contribution < 1.29 is 38.7 Å². The van der Waals surface area contributed by atoms with Crippen LogP contribution in [0.15, 0.2) is 37.6 Å². The maximum Gasteiger partial charge on any atom is 0.326 e. The first kappa shape index (κ1) is 42.3. The Kier molecular flexibility index (Phi) is 17.3. The first-order valence-electron chi connectivity index (χ1n) is 17.4. The molecule has 21 nitrogen and oxygen atoms in total. The van der Waals surface area contributed by atoms with E-state index in [0.29, 0.717) is 23.5 Å². The van der Waals surface area contributed by atoms with E-state index in [4.69, 9.17) is 5.73 Å². The molecule has 0 aliphatic heterocycles. The second-order valence-corrected chi connectivity index (χ2v) is 12.9. The number of nitrogens with one attached hydrogen (secondary N) is 9. The fourth-order valence-electron chi connectivity index (χ4n) is 5.16. The highest BCUT2D eigenvalue weighted by Gasteiger charge is 2.25. The van der Waals surface area contributed by atoms with E-state index in [1.54, 1.807) is 0 Å². The Bertz CT molecular complexity index is 1650. The summed E-state index contributed by atoms with van der Waals surface area (Å²) in [5.74, 6) is -4.24. The second kappa shape index (κ2) is 22.1. The van der Waals surface area contributed by atoms with Gasteiger partial charge in [-0.3, -0.25) is 28.8 Å². The van der Waals surface area contributed by atoms with Gasteiger partial charge in [0.05, 0.1) is 25.0 Å². The Morgan fingerprint density at radius 1 is 0.611 bits per heavy atom. The molecule has 294 valence electrons. The van der Waals surface area contributed by atoms with Crippen LogP contribution < -0.4 is 37.6 Å². The summed E-state index contributed by atoms with van der Waals surface area (Å²) in [4.78, 5) is 108. The van der Waals surface area contributed by atoms with Crippen LogP contribution in [0.5, 0.6) is 0 Å². The molecule has 6 amide bonds. The van der Waals surface area contributed by atoms with E-state index < -0.39 is 59.7 Å². The monoisotopic (exact) mass is 755 g/mol. The highest BCUT2D eigenvalue weighted by molar-refractivity contribution is 5.90. The summed E-state index contributed by atoms with van der Waals surface area (Å²) >= 11 is 0. The van der Waals surface area contributed by atoms with Gasteiger partial charge in [-0.05, 0) is 12.3 Å². The van der Waals surface area contributed by atoms with Crippen molar-refractivity contribution in [2.75, 3.05) is 19.6 Å². The number of carbonyl (C=O) groups excluding carboxylic acids is 6. The van der Waals surface area contributed by atoms with Crippen LogP contribution in [-0.2, 0) is 52.8 Å². The fourth-order valence-corrected chi connectivity index (χ4v) is 5.16. The maximum atomic E-state index is 13.1. The van der Waals surface area contributed by atoms with Crippen LogP contribution in [0.2, 0.25) is 0 Å². The number of hydrogen-bond acceptors (Lipinski definition) is 11. The first-order chi connectivity index (χ1) is 25.8. The summed E-state index contributed by atoms with van der Waals surface area (Å²) < 4.78 is 0. The first-order valence-corrected chi connectivity index (χ1v) is 17.4. The number of carboxylic acids is 1. The fraction of sp³-hybridized carbons (Fsp3) is 0.515. The molecule has 4 atom stereocenters. The summed E-state index contributed by atoms with van der Waals surface area (Å²) in [6.45, 7) is 3.63. The minimum absolute atomic E-state index is 0.0126. The van der Waals surface area contributed by atoms with Gasteiger partial charge >= 0.3 is 5.97 Å². The SMILES string of the molecule is CC(C)C[C@H](N)C(=O)NCCC(=O)N[C@@H](Cc1cnc[nH]1)C(=O)NCCC(=O)N[C@@H](Cc1cnc[nH]1)C(=O)NCCC(=O)N[C@@H](Cc1cnc[nH]1)C(=O)O. The van der Waals surface area contributed by atoms with E-state index in [2.05, 4.69) is 61.8 Å². The topological polar surface area (TPSA) is 324 Å². The molecule has 0 saturated carbocycles. The van der Waals surface area contributed by atoms with Gasteiger partial charge in [-0.15, -0.1) is 0 Å². The minimum atomic E-state index is -1.24. The van der Waals surface area contributed by atoms with E-state index >= 15 is 0 Å². The lowest BCUT2D eigenvalue weighted by Crippen LogP contribution is -2.51. The zero-order chi connectivity index (χ0) is 39.5. The van der Waals surface area contributed by atoms with Crippen molar-refractivity contribution in [1.82, 2.24) is 61.8 Å². The van der Waals surface area contributed by atoms with Crippen LogP contribution in [-0.4, -0.2) is 120 Å². The van der Waals surface area contributed by atoms with Crippen molar-refractivity contribution >= 4 is 41.4 Å². The van der Waals surface area contributed by atoms with Crippen molar-refractivity contribution in [2.24, 2.45) is 11.7 Å². The highest BCUT2D eigenvalue weighted by Crippen LogP contribution is 2.04. The summed E-state index contributed by atoms with van der Waals surface area (Å²) in [6, 6.07) is -4.03. The lowest BCUT2D eigenvalue weighted by atomic mass is 10.0. The van der Waals surface area contributed by atoms with Gasteiger partial charge in [0.15, 0.2) is 0 Å². The van der Waals surface area contributed by atoms with E-state index in [1.807, 2.05) is 13.8 Å². The number of H-pyrrole nitrogens is 3. The summed E-state index contributed by atoms with van der Waals surface area (Å²) in [5.41, 5.74) is 7.51. The van der Waals surface area contributed by atoms with Crippen LogP contribution >= 0.6 is 0 Å². The number of rotatable bonds is 24. The van der Waals surface area contributed by atoms with E-state index in [1.165, 1.54) is 37.6 Å². The van der Waals surface area contributed by atoms with Gasteiger partial charge in [0, 0.05) is 93.8 Å². The predicted molar refractivity (Wildman–Crippen MR) is 191 cm³/mol. The summed E-state index contributed by atoms with van der Waals surface area (Å²) in [6.07, 6.45) is 8.69. The molecule has 0 aromatic carbocycles. The largest absolute Gasteiger partial charge is 0.480 e. The molecule has 12 N–H and O–H groups in total. The van der Waals surface area contributed by atoms with Crippen molar-refractivity contribution in [3.05, 3.63) is 54.7 Å². The van der Waals surface area contributed by atoms with Crippen LogP contribution in [0.4, 0.5) is 0 Å². The molecule has 0 unspecified atom stereocenters. The predicted octanol–water partition coefficient (Wildman–Crippen LogP) is -2.68. The number of aromatic nitrogens is 6. The smallest absolute Gasteiger partial charge is 0.326 e. The molecule has 0 radical (unpaired) electrons. The third-order valence-electron chi connectivity index (χ3n) is 7.89. The third-order valence-corrected chi connectivity index (χ3v) is 7.89. The number of carbonyl (C=O) groups is 7. The molecule has 54 heavy (non-hydrogen) atoms. The standard InChI is InChI=1S/C33H49N13O8/c1-19(2)9-23(34)30(50)38-6-3-27(47)44-24(10-20-13-35-16-41-20)31(51)39-7-4-28(48)45-25(11-21-14-36-17-42-21)32(52)40-8-5-29(49)46-26(33(53)54)12-22-15-37-18-43-22/h13-19,23-26H,3-12,34H2,1-2H3,(H,35,41)(H,36,42)(H,37,43)(H,38,50)(H,39,51)(H,40,52)(H,44,47)(H,45,48)(H,46,49)(H,53,54)/t23-,24-,25-,26-/m0/s1. The van der Waals surface area contributed by atoms with Crippen molar-refractivity contribution in [1.29, 1.82) is 0 Å². The molecule has 3 heterocycles. The van der Waals surface area contributed by atoms with Gasteiger partial charge in [0.1, 0.15) is 18.1 Å². The number of nitrogens with two attached hydrogens (primary N) is 1. The highest BCUT2D eigenvalue weighted by atomic mass is 16.4. The Balaban J connectivity index is 1.48. The summed E-state index contributed by atoms with van der Waals surface area (Å²) in [5, 5.41) is 25.0. The van der Waals surface area contributed by atoms with Crippen LogP contribution in [0, 0.1) is 5.92 Å². The number of carboxylic acid groups (broad SMARTS) is 1. The molecule has 0 aliphatic rings. The van der Waals surface area contributed by atoms with Gasteiger partial charge in [0.25, 0.3) is 0 Å². The molecule has 3 rings (SSSR count). The van der Waals surface area contributed by atoms with Crippen LogP contribution in [0.1, 0.15) is 56.6 Å². The van der Waals surface area contributed by atoms with Crippen molar-refractivity contribution in [3.63, 3.8) is 0 Å². The molecule has 0 saturated heterocycles.